The van der Waals surface area contributed by atoms with E-state index in [0.29, 0.717) is 0 Å². The molecule has 0 amide bonds. The van der Waals surface area contributed by atoms with E-state index in [1.807, 2.05) is 0 Å². The van der Waals surface area contributed by atoms with Crippen molar-refractivity contribution in [1.82, 2.24) is 4.90 Å². The molecule has 16 heavy (non-hydrogen) atoms. The van der Waals surface area contributed by atoms with Crippen LogP contribution in [0.4, 0.5) is 0 Å². The third-order valence-electron chi connectivity index (χ3n) is 4.03. The molecule has 0 unspecified atom stereocenters. The van der Waals surface area contributed by atoms with Crippen LogP contribution < -0.4 is 0 Å². The van der Waals surface area contributed by atoms with Crippen molar-refractivity contribution in [2.45, 2.75) is 32.1 Å². The first kappa shape index (κ1) is 11.9. The minimum absolute atomic E-state index is 0.0140. The first-order valence-corrected chi connectivity index (χ1v) is 6.42. The van der Waals surface area contributed by atoms with E-state index in [0.717, 1.165) is 45.1 Å². The number of nitrogens with zero attached hydrogens (tertiary/aromatic N) is 2. The molecular formula is C13H22N2O. The average molecular weight is 222 g/mol. The van der Waals surface area contributed by atoms with Crippen LogP contribution in [-0.2, 0) is 4.74 Å². The van der Waals surface area contributed by atoms with E-state index in [1.54, 1.807) is 0 Å². The van der Waals surface area contributed by atoms with Crippen LogP contribution in [0.25, 0.3) is 0 Å². The van der Waals surface area contributed by atoms with Gasteiger partial charge in [0.05, 0.1) is 11.5 Å². The van der Waals surface area contributed by atoms with Gasteiger partial charge in [0.2, 0.25) is 0 Å². The van der Waals surface area contributed by atoms with Gasteiger partial charge in [0, 0.05) is 26.3 Å². The summed E-state index contributed by atoms with van der Waals surface area (Å²) in [5, 5.41) is 9.19. The summed E-state index contributed by atoms with van der Waals surface area (Å²) in [5.74, 6) is 0.773. The van der Waals surface area contributed by atoms with Gasteiger partial charge in [0.25, 0.3) is 0 Å². The summed E-state index contributed by atoms with van der Waals surface area (Å²) in [7, 11) is 2.16. The molecule has 1 saturated heterocycles. The van der Waals surface area contributed by atoms with E-state index >= 15 is 0 Å². The molecule has 0 radical (unpaired) electrons. The Morgan fingerprint density at radius 2 is 2.06 bits per heavy atom. The van der Waals surface area contributed by atoms with E-state index in [9.17, 15) is 5.26 Å². The highest BCUT2D eigenvalue weighted by Crippen LogP contribution is 2.40. The summed E-state index contributed by atoms with van der Waals surface area (Å²) in [6, 6.07) is 2.52. The second-order valence-corrected chi connectivity index (χ2v) is 5.50. The van der Waals surface area contributed by atoms with Crippen molar-refractivity contribution in [1.29, 1.82) is 5.26 Å². The number of hydrogen-bond acceptors (Lipinski definition) is 3. The first-order valence-electron chi connectivity index (χ1n) is 6.42. The smallest absolute Gasteiger partial charge is 0.0703 e. The van der Waals surface area contributed by atoms with Crippen molar-refractivity contribution in [3.8, 4) is 6.07 Å². The number of rotatable bonds is 4. The molecule has 0 N–H and O–H groups in total. The molecule has 0 aromatic heterocycles. The van der Waals surface area contributed by atoms with Crippen molar-refractivity contribution in [3.05, 3.63) is 0 Å². The minimum Gasteiger partial charge on any atom is -0.381 e. The summed E-state index contributed by atoms with van der Waals surface area (Å²) in [4.78, 5) is 2.36. The molecule has 90 valence electrons. The number of ether oxygens (including phenoxy) is 1. The minimum atomic E-state index is -0.0140. The predicted octanol–water partition coefficient (Wildman–Crippen LogP) is 2.04. The highest BCUT2D eigenvalue weighted by atomic mass is 16.5. The summed E-state index contributed by atoms with van der Waals surface area (Å²) in [6.07, 6.45) is 5.80. The van der Waals surface area contributed by atoms with E-state index in [1.165, 1.54) is 19.3 Å². The average Bonchev–Trinajstić information content (AvgIpc) is 2.25. The zero-order valence-electron chi connectivity index (χ0n) is 10.2. The molecule has 3 nitrogen and oxygen atoms in total. The summed E-state index contributed by atoms with van der Waals surface area (Å²) in [5.41, 5.74) is -0.0140. The summed E-state index contributed by atoms with van der Waals surface area (Å²) < 4.78 is 5.36. The van der Waals surface area contributed by atoms with E-state index in [4.69, 9.17) is 4.74 Å². The molecular weight excluding hydrogens is 200 g/mol. The SMILES string of the molecule is CN(CC1CCOCC1)CC1(C#N)CCC1. The molecule has 2 fully saturated rings. The lowest BCUT2D eigenvalue weighted by molar-refractivity contribution is 0.0470. The molecule has 0 atom stereocenters. The van der Waals surface area contributed by atoms with Crippen LogP contribution in [0.15, 0.2) is 0 Å². The maximum atomic E-state index is 9.19. The molecule has 0 aromatic rings. The Morgan fingerprint density at radius 1 is 1.38 bits per heavy atom. The van der Waals surface area contributed by atoms with E-state index in [2.05, 4.69) is 18.0 Å². The van der Waals surface area contributed by atoms with Crippen molar-refractivity contribution in [2.75, 3.05) is 33.4 Å². The van der Waals surface area contributed by atoms with Gasteiger partial charge in [-0.15, -0.1) is 0 Å². The zero-order valence-corrected chi connectivity index (χ0v) is 10.2. The van der Waals surface area contributed by atoms with Gasteiger partial charge in [0.1, 0.15) is 0 Å². The Hall–Kier alpha value is -0.590. The normalized spacial score (nSPS) is 25.1. The zero-order chi connectivity index (χ0) is 11.4. The Morgan fingerprint density at radius 3 is 2.56 bits per heavy atom. The van der Waals surface area contributed by atoms with Crippen LogP contribution in [-0.4, -0.2) is 38.3 Å². The third kappa shape index (κ3) is 2.75. The lowest BCUT2D eigenvalue weighted by Gasteiger charge is -2.39. The van der Waals surface area contributed by atoms with Gasteiger partial charge in [-0.3, -0.25) is 0 Å². The monoisotopic (exact) mass is 222 g/mol. The largest absolute Gasteiger partial charge is 0.381 e. The van der Waals surface area contributed by atoms with Gasteiger partial charge >= 0.3 is 0 Å². The molecule has 2 rings (SSSR count). The maximum Gasteiger partial charge on any atom is 0.0703 e. The van der Waals surface area contributed by atoms with Gasteiger partial charge < -0.3 is 9.64 Å². The second-order valence-electron chi connectivity index (χ2n) is 5.50. The molecule has 1 aliphatic carbocycles. The molecule has 0 aromatic carbocycles. The lowest BCUT2D eigenvalue weighted by Crippen LogP contribution is -2.42. The van der Waals surface area contributed by atoms with E-state index < -0.39 is 0 Å². The highest BCUT2D eigenvalue weighted by molar-refractivity contribution is 5.06. The Bertz CT molecular complexity index is 262. The first-order chi connectivity index (χ1) is 7.74. The standard InChI is InChI=1S/C13H22N2O/c1-15(9-12-3-7-16-8-4-12)11-13(10-14)5-2-6-13/h12H,2-9,11H2,1H3. The van der Waals surface area contributed by atoms with Gasteiger partial charge in [-0.1, -0.05) is 6.42 Å². The number of hydrogen-bond donors (Lipinski definition) is 0. The topological polar surface area (TPSA) is 36.3 Å². The van der Waals surface area contributed by atoms with Crippen LogP contribution in [0.2, 0.25) is 0 Å². The molecule has 1 saturated carbocycles. The van der Waals surface area contributed by atoms with Gasteiger partial charge in [-0.2, -0.15) is 5.26 Å². The summed E-state index contributed by atoms with van der Waals surface area (Å²) in [6.45, 7) is 3.93. The fourth-order valence-electron chi connectivity index (χ4n) is 2.86. The molecule has 3 heteroatoms. The fraction of sp³-hybridized carbons (Fsp3) is 0.923. The fourth-order valence-corrected chi connectivity index (χ4v) is 2.86. The van der Waals surface area contributed by atoms with Crippen LogP contribution in [0.3, 0.4) is 0 Å². The number of nitriles is 1. The summed E-state index contributed by atoms with van der Waals surface area (Å²) >= 11 is 0. The van der Waals surface area contributed by atoms with Crippen molar-refractivity contribution in [3.63, 3.8) is 0 Å². The third-order valence-corrected chi connectivity index (χ3v) is 4.03. The molecule has 1 aliphatic heterocycles. The Balaban J connectivity index is 1.75. The highest BCUT2D eigenvalue weighted by Gasteiger charge is 2.38. The Labute approximate surface area is 98.4 Å². The molecule has 1 heterocycles. The van der Waals surface area contributed by atoms with Crippen LogP contribution >= 0.6 is 0 Å². The lowest BCUT2D eigenvalue weighted by atomic mass is 9.69. The van der Waals surface area contributed by atoms with Crippen LogP contribution in [0.5, 0.6) is 0 Å². The van der Waals surface area contributed by atoms with Crippen LogP contribution in [0, 0.1) is 22.7 Å². The quantitative estimate of drug-likeness (QED) is 0.730. The maximum absolute atomic E-state index is 9.19. The van der Waals surface area contributed by atoms with Crippen molar-refractivity contribution in [2.24, 2.45) is 11.3 Å². The van der Waals surface area contributed by atoms with Crippen molar-refractivity contribution < 1.29 is 4.74 Å². The second kappa shape index (κ2) is 5.16. The van der Waals surface area contributed by atoms with Gasteiger partial charge in [0.15, 0.2) is 0 Å². The van der Waals surface area contributed by atoms with Gasteiger partial charge in [-0.25, -0.2) is 0 Å². The van der Waals surface area contributed by atoms with Crippen LogP contribution in [0.1, 0.15) is 32.1 Å². The molecule has 2 aliphatic rings. The molecule has 0 bridgehead atoms. The van der Waals surface area contributed by atoms with Gasteiger partial charge in [-0.05, 0) is 38.6 Å². The predicted molar refractivity (Wildman–Crippen MR) is 62.9 cm³/mol. The van der Waals surface area contributed by atoms with Crippen molar-refractivity contribution >= 4 is 0 Å². The molecule has 0 spiro atoms. The van der Waals surface area contributed by atoms with E-state index in [-0.39, 0.29) is 5.41 Å². The Kier molecular flexibility index (Phi) is 3.83.